The van der Waals surface area contributed by atoms with Gasteiger partial charge in [0, 0.05) is 12.4 Å². The Bertz CT molecular complexity index is 1150. The Morgan fingerprint density at radius 3 is 1.46 bits per heavy atom. The molecule has 1 heterocycles. The lowest BCUT2D eigenvalue weighted by Gasteiger charge is -2.22. The highest BCUT2D eigenvalue weighted by Crippen LogP contribution is 2.33. The predicted octanol–water partition coefficient (Wildman–Crippen LogP) is 9.18. The van der Waals surface area contributed by atoms with Crippen molar-refractivity contribution in [2.24, 2.45) is 10.8 Å². The summed E-state index contributed by atoms with van der Waals surface area (Å²) in [5.41, 5.74) is 11.2. The van der Waals surface area contributed by atoms with Crippen molar-refractivity contribution < 1.29 is 0 Å². The summed E-state index contributed by atoms with van der Waals surface area (Å²) < 4.78 is 0. The average molecular weight is 462 g/mol. The average Bonchev–Trinajstić information content (AvgIpc) is 2.78. The molecule has 1 aromatic heterocycles. The van der Waals surface area contributed by atoms with Gasteiger partial charge in [0.05, 0.1) is 0 Å². The second-order valence-corrected chi connectivity index (χ2v) is 12.2. The highest BCUT2D eigenvalue weighted by Gasteiger charge is 2.17. The first-order valence-corrected chi connectivity index (χ1v) is 12.8. The minimum Gasteiger partial charge on any atom is -0.265 e. The van der Waals surface area contributed by atoms with E-state index in [4.69, 9.17) is 0 Å². The van der Waals surface area contributed by atoms with Crippen LogP contribution in [0.4, 0.5) is 0 Å². The smallest absolute Gasteiger partial charge is 0.0273 e. The van der Waals surface area contributed by atoms with Gasteiger partial charge in [0.15, 0.2) is 0 Å². The fourth-order valence-corrected chi connectivity index (χ4v) is 4.95. The standard InChI is InChI=1S/C34H39N/c1-33(2,3)23-25-12-14-31(27-10-8-7-9-11-27)29(20-25)22-30-21-26(24-34(4,5)6)13-15-32(30)28-16-18-35-19-17-28/h7-21H,22-24H2,1-6H3. The molecule has 0 N–H and O–H groups in total. The van der Waals surface area contributed by atoms with E-state index in [1.165, 1.54) is 44.5 Å². The largest absolute Gasteiger partial charge is 0.265 e. The van der Waals surface area contributed by atoms with E-state index in [-0.39, 0.29) is 10.8 Å². The molecule has 3 aromatic carbocycles. The SMILES string of the molecule is CC(C)(C)Cc1ccc(-c2ccccc2)c(Cc2cc(CC(C)(C)C)ccc2-c2ccncc2)c1. The Morgan fingerprint density at radius 2 is 1.00 bits per heavy atom. The van der Waals surface area contributed by atoms with E-state index in [1.54, 1.807) is 0 Å². The predicted molar refractivity (Wildman–Crippen MR) is 151 cm³/mol. The van der Waals surface area contributed by atoms with Crippen LogP contribution in [0.5, 0.6) is 0 Å². The molecule has 0 bridgehead atoms. The van der Waals surface area contributed by atoms with E-state index in [1.807, 2.05) is 12.4 Å². The molecule has 1 heteroatoms. The molecule has 1 nitrogen and oxygen atoms in total. The van der Waals surface area contributed by atoms with Gasteiger partial charge < -0.3 is 0 Å². The minimum absolute atomic E-state index is 0.247. The molecule has 0 saturated carbocycles. The third-order valence-electron chi connectivity index (χ3n) is 6.27. The Morgan fingerprint density at radius 1 is 0.543 bits per heavy atom. The molecule has 0 unspecified atom stereocenters. The van der Waals surface area contributed by atoms with Crippen LogP contribution >= 0.6 is 0 Å². The summed E-state index contributed by atoms with van der Waals surface area (Å²) in [6.07, 6.45) is 6.81. The van der Waals surface area contributed by atoms with Crippen LogP contribution in [-0.2, 0) is 19.3 Å². The number of pyridine rings is 1. The highest BCUT2D eigenvalue weighted by molar-refractivity contribution is 5.72. The number of rotatable bonds is 6. The van der Waals surface area contributed by atoms with Crippen molar-refractivity contribution in [1.29, 1.82) is 0 Å². The zero-order chi connectivity index (χ0) is 25.1. The first-order chi connectivity index (χ1) is 16.6. The minimum atomic E-state index is 0.247. The number of nitrogens with zero attached hydrogens (tertiary/aromatic N) is 1. The van der Waals surface area contributed by atoms with Crippen LogP contribution in [0.3, 0.4) is 0 Å². The van der Waals surface area contributed by atoms with Gasteiger partial charge in [-0.05, 0) is 86.7 Å². The second kappa shape index (κ2) is 10.2. The van der Waals surface area contributed by atoms with Gasteiger partial charge in [-0.1, -0.05) is 108 Å². The van der Waals surface area contributed by atoms with Gasteiger partial charge >= 0.3 is 0 Å². The van der Waals surface area contributed by atoms with E-state index >= 15 is 0 Å². The van der Waals surface area contributed by atoms with Gasteiger partial charge in [0.25, 0.3) is 0 Å². The fourth-order valence-electron chi connectivity index (χ4n) is 4.95. The second-order valence-electron chi connectivity index (χ2n) is 12.2. The maximum Gasteiger partial charge on any atom is 0.0273 e. The number of benzene rings is 3. The monoisotopic (exact) mass is 461 g/mol. The first kappa shape index (κ1) is 24.9. The van der Waals surface area contributed by atoms with Gasteiger partial charge in [-0.25, -0.2) is 0 Å². The van der Waals surface area contributed by atoms with Gasteiger partial charge in [-0.2, -0.15) is 0 Å². The zero-order valence-electron chi connectivity index (χ0n) is 22.2. The van der Waals surface area contributed by atoms with Gasteiger partial charge in [0.1, 0.15) is 0 Å². The van der Waals surface area contributed by atoms with Gasteiger partial charge in [0.2, 0.25) is 0 Å². The molecule has 0 saturated heterocycles. The first-order valence-electron chi connectivity index (χ1n) is 12.8. The summed E-state index contributed by atoms with van der Waals surface area (Å²) in [6, 6.07) is 29.2. The summed E-state index contributed by atoms with van der Waals surface area (Å²) in [5.74, 6) is 0. The summed E-state index contributed by atoms with van der Waals surface area (Å²) in [4.78, 5) is 4.25. The molecule has 0 aliphatic carbocycles. The van der Waals surface area contributed by atoms with Crippen LogP contribution in [-0.4, -0.2) is 4.98 Å². The number of hydrogen-bond donors (Lipinski definition) is 0. The third kappa shape index (κ3) is 6.92. The molecule has 35 heavy (non-hydrogen) atoms. The van der Waals surface area contributed by atoms with E-state index in [0.29, 0.717) is 0 Å². The lowest BCUT2D eigenvalue weighted by molar-refractivity contribution is 0.411. The van der Waals surface area contributed by atoms with Crippen molar-refractivity contribution in [3.63, 3.8) is 0 Å². The van der Waals surface area contributed by atoms with Crippen LogP contribution in [0.15, 0.2) is 91.3 Å². The van der Waals surface area contributed by atoms with E-state index in [2.05, 4.69) is 125 Å². The number of aromatic nitrogens is 1. The third-order valence-corrected chi connectivity index (χ3v) is 6.27. The van der Waals surface area contributed by atoms with Gasteiger partial charge in [-0.3, -0.25) is 4.98 Å². The summed E-state index contributed by atoms with van der Waals surface area (Å²) in [5, 5.41) is 0. The van der Waals surface area contributed by atoms with Crippen molar-refractivity contribution in [3.05, 3.63) is 114 Å². The lowest BCUT2D eigenvalue weighted by atomic mass is 9.83. The Kier molecular flexibility index (Phi) is 7.26. The van der Waals surface area contributed by atoms with Crippen LogP contribution < -0.4 is 0 Å². The molecule has 0 aliphatic heterocycles. The molecule has 0 spiro atoms. The topological polar surface area (TPSA) is 12.9 Å². The molecule has 0 atom stereocenters. The van der Waals surface area contributed by atoms with Gasteiger partial charge in [-0.15, -0.1) is 0 Å². The van der Waals surface area contributed by atoms with Crippen molar-refractivity contribution >= 4 is 0 Å². The summed E-state index contributed by atoms with van der Waals surface area (Å²) in [7, 11) is 0. The Hall–Kier alpha value is -3.19. The molecule has 4 rings (SSSR count). The Balaban J connectivity index is 1.84. The molecule has 0 aliphatic rings. The van der Waals surface area contributed by atoms with Crippen LogP contribution in [0.1, 0.15) is 63.8 Å². The Labute approximate surface area is 212 Å². The number of hydrogen-bond acceptors (Lipinski definition) is 1. The van der Waals surface area contributed by atoms with Crippen LogP contribution in [0.2, 0.25) is 0 Å². The van der Waals surface area contributed by atoms with Crippen LogP contribution in [0, 0.1) is 10.8 Å². The van der Waals surface area contributed by atoms with Crippen molar-refractivity contribution in [2.75, 3.05) is 0 Å². The quantitative estimate of drug-likeness (QED) is 0.279. The molecule has 180 valence electrons. The van der Waals surface area contributed by atoms with Crippen molar-refractivity contribution in [1.82, 2.24) is 4.98 Å². The normalized spacial score (nSPS) is 12.1. The maximum atomic E-state index is 4.25. The molecule has 0 amide bonds. The highest BCUT2D eigenvalue weighted by atomic mass is 14.6. The van der Waals surface area contributed by atoms with E-state index in [9.17, 15) is 0 Å². The zero-order valence-corrected chi connectivity index (χ0v) is 22.2. The maximum absolute atomic E-state index is 4.25. The fraction of sp³-hybridized carbons (Fsp3) is 0.324. The van der Waals surface area contributed by atoms with E-state index < -0.39 is 0 Å². The lowest BCUT2D eigenvalue weighted by Crippen LogP contribution is -2.10. The molecule has 4 aromatic rings. The molecular weight excluding hydrogens is 422 g/mol. The molecular formula is C34H39N. The van der Waals surface area contributed by atoms with Crippen LogP contribution in [0.25, 0.3) is 22.3 Å². The van der Waals surface area contributed by atoms with Crippen molar-refractivity contribution in [2.45, 2.75) is 60.8 Å². The molecule has 0 radical (unpaired) electrons. The summed E-state index contributed by atoms with van der Waals surface area (Å²) >= 11 is 0. The molecule has 0 fully saturated rings. The van der Waals surface area contributed by atoms with Crippen molar-refractivity contribution in [3.8, 4) is 22.3 Å². The van der Waals surface area contributed by atoms with E-state index in [0.717, 1.165) is 19.3 Å². The summed E-state index contributed by atoms with van der Waals surface area (Å²) in [6.45, 7) is 13.9.